The van der Waals surface area contributed by atoms with Crippen LogP contribution in [0.4, 0.5) is 26.3 Å². The maximum absolute atomic E-state index is 13.2. The largest absolute Gasteiger partial charge is 0.416 e. The molecule has 12 heteroatoms. The second-order valence-corrected chi connectivity index (χ2v) is 7.39. The summed E-state index contributed by atoms with van der Waals surface area (Å²) in [5.41, 5.74) is -1.82. The molecule has 0 spiro atoms. The number of nitrogens with zero attached hydrogens (tertiary/aromatic N) is 3. The molecule has 2 aromatic heterocycles. The molecule has 1 aliphatic rings. The van der Waals surface area contributed by atoms with Crippen molar-refractivity contribution in [3.8, 4) is 0 Å². The zero-order chi connectivity index (χ0) is 23.3. The van der Waals surface area contributed by atoms with E-state index in [4.69, 9.17) is 4.74 Å². The number of aromatic amines is 1. The van der Waals surface area contributed by atoms with E-state index in [-0.39, 0.29) is 36.9 Å². The Balaban J connectivity index is 1.63. The fourth-order valence-corrected chi connectivity index (χ4v) is 3.52. The number of rotatable bonds is 2. The van der Waals surface area contributed by atoms with Gasteiger partial charge in [0.25, 0.3) is 5.91 Å². The third-order valence-corrected chi connectivity index (χ3v) is 5.18. The van der Waals surface area contributed by atoms with Gasteiger partial charge in [0.05, 0.1) is 29.8 Å². The predicted molar refractivity (Wildman–Crippen MR) is 99.7 cm³/mol. The number of hydrogen-bond acceptors (Lipinski definition) is 4. The summed E-state index contributed by atoms with van der Waals surface area (Å²) >= 11 is 0. The van der Waals surface area contributed by atoms with Gasteiger partial charge in [0.1, 0.15) is 6.10 Å². The molecule has 4 rings (SSSR count). The fraction of sp³-hybridized carbons (Fsp3) is 0.350. The average molecular weight is 458 g/mol. The Hall–Kier alpha value is -3.15. The number of H-pyrrole nitrogens is 1. The number of morpholine rings is 1. The summed E-state index contributed by atoms with van der Waals surface area (Å²) in [4.78, 5) is 18.4. The second kappa shape index (κ2) is 7.76. The Kier molecular flexibility index (Phi) is 5.35. The summed E-state index contributed by atoms with van der Waals surface area (Å²) in [7, 11) is 0. The van der Waals surface area contributed by atoms with Crippen LogP contribution in [0.2, 0.25) is 0 Å². The number of alkyl halides is 6. The average Bonchev–Trinajstić information content (AvgIpc) is 3.12. The number of ether oxygens (including phenoxy) is 1. The molecule has 0 saturated carbocycles. The van der Waals surface area contributed by atoms with Crippen LogP contribution >= 0.6 is 0 Å². The van der Waals surface area contributed by atoms with Crippen LogP contribution in [0, 0.1) is 6.92 Å². The second-order valence-electron chi connectivity index (χ2n) is 7.39. The molecule has 1 N–H and O–H groups in total. The lowest BCUT2D eigenvalue weighted by Crippen LogP contribution is -2.42. The Morgan fingerprint density at radius 2 is 1.75 bits per heavy atom. The molecular formula is C20H16F6N4O2. The van der Waals surface area contributed by atoms with E-state index >= 15 is 0 Å². The molecule has 3 aromatic rings. The van der Waals surface area contributed by atoms with Gasteiger partial charge in [-0.2, -0.15) is 31.4 Å². The number of fused-ring (bicyclic) bond motifs is 1. The summed E-state index contributed by atoms with van der Waals surface area (Å²) in [5, 5.41) is 7.35. The van der Waals surface area contributed by atoms with Crippen molar-refractivity contribution in [1.29, 1.82) is 0 Å². The summed E-state index contributed by atoms with van der Waals surface area (Å²) in [6.45, 7) is 1.62. The number of pyridine rings is 1. The Morgan fingerprint density at radius 1 is 1.09 bits per heavy atom. The minimum absolute atomic E-state index is 0.0472. The number of aromatic nitrogens is 3. The van der Waals surface area contributed by atoms with Crippen LogP contribution in [0.5, 0.6) is 0 Å². The quantitative estimate of drug-likeness (QED) is 0.574. The molecule has 1 saturated heterocycles. The minimum Gasteiger partial charge on any atom is -0.370 e. The smallest absolute Gasteiger partial charge is 0.370 e. The monoisotopic (exact) mass is 458 g/mol. The van der Waals surface area contributed by atoms with E-state index in [9.17, 15) is 31.1 Å². The van der Waals surface area contributed by atoms with Crippen LogP contribution in [0.1, 0.15) is 38.8 Å². The van der Waals surface area contributed by atoms with Gasteiger partial charge in [-0.3, -0.25) is 9.89 Å². The van der Waals surface area contributed by atoms with Crippen molar-refractivity contribution in [2.24, 2.45) is 0 Å². The minimum atomic E-state index is -4.97. The third kappa shape index (κ3) is 4.27. The maximum Gasteiger partial charge on any atom is 0.416 e. The molecule has 1 fully saturated rings. The SMILES string of the molecule is Cc1[nH]nc2ncc(C(=O)N3CCOC(c4cc(C(F)(F)F)cc(C(F)(F)F)c4)C3)cc12. The topological polar surface area (TPSA) is 71.1 Å². The molecule has 1 amide bonds. The molecule has 1 unspecified atom stereocenters. The fourth-order valence-electron chi connectivity index (χ4n) is 3.52. The van der Waals surface area contributed by atoms with Gasteiger partial charge in [-0.05, 0) is 36.8 Å². The van der Waals surface area contributed by atoms with Gasteiger partial charge < -0.3 is 9.64 Å². The highest BCUT2D eigenvalue weighted by molar-refractivity contribution is 5.97. The Labute approximate surface area is 177 Å². The molecule has 0 bridgehead atoms. The van der Waals surface area contributed by atoms with Crippen molar-refractivity contribution in [3.05, 3.63) is 58.4 Å². The first kappa shape index (κ1) is 22.1. The van der Waals surface area contributed by atoms with E-state index in [1.807, 2.05) is 0 Å². The van der Waals surface area contributed by atoms with Gasteiger partial charge >= 0.3 is 12.4 Å². The van der Waals surface area contributed by atoms with Gasteiger partial charge in [0.15, 0.2) is 5.65 Å². The summed E-state index contributed by atoms with van der Waals surface area (Å²) in [6.07, 6.45) is -9.77. The van der Waals surface area contributed by atoms with Crippen molar-refractivity contribution in [1.82, 2.24) is 20.1 Å². The number of amides is 1. The van der Waals surface area contributed by atoms with E-state index in [2.05, 4.69) is 15.2 Å². The highest BCUT2D eigenvalue weighted by atomic mass is 19.4. The van der Waals surface area contributed by atoms with Crippen molar-refractivity contribution in [2.45, 2.75) is 25.4 Å². The zero-order valence-electron chi connectivity index (χ0n) is 16.5. The molecule has 1 aromatic carbocycles. The van der Waals surface area contributed by atoms with Gasteiger partial charge in [-0.1, -0.05) is 0 Å². The standard InChI is InChI=1S/C20H16F6N4O2/c1-10-15-6-12(8-27-17(15)29-28-10)18(31)30-2-3-32-16(9-30)11-4-13(19(21,22)23)7-14(5-11)20(24,25)26/h4-8,16H,2-3,9H2,1H3,(H,27,28,29). The molecule has 32 heavy (non-hydrogen) atoms. The van der Waals surface area contributed by atoms with Crippen LogP contribution in [-0.2, 0) is 17.1 Å². The molecule has 6 nitrogen and oxygen atoms in total. The lowest BCUT2D eigenvalue weighted by atomic mass is 9.99. The first-order valence-electron chi connectivity index (χ1n) is 9.44. The van der Waals surface area contributed by atoms with Gasteiger partial charge in [0.2, 0.25) is 0 Å². The molecule has 1 atom stereocenters. The summed E-state index contributed by atoms with van der Waals surface area (Å²) in [5.74, 6) is -0.462. The van der Waals surface area contributed by atoms with Crippen molar-refractivity contribution in [2.75, 3.05) is 19.7 Å². The maximum atomic E-state index is 13.2. The zero-order valence-corrected chi connectivity index (χ0v) is 16.5. The molecule has 0 aliphatic carbocycles. The van der Waals surface area contributed by atoms with Crippen LogP contribution in [0.15, 0.2) is 30.5 Å². The van der Waals surface area contributed by atoms with E-state index in [1.54, 1.807) is 13.0 Å². The Bertz CT molecular complexity index is 1140. The van der Waals surface area contributed by atoms with Crippen LogP contribution in [0.25, 0.3) is 11.0 Å². The number of aryl methyl sites for hydroxylation is 1. The van der Waals surface area contributed by atoms with E-state index in [0.29, 0.717) is 28.9 Å². The first-order chi connectivity index (χ1) is 14.9. The first-order valence-corrected chi connectivity index (χ1v) is 9.44. The van der Waals surface area contributed by atoms with Crippen LogP contribution in [-0.4, -0.2) is 45.7 Å². The highest BCUT2D eigenvalue weighted by Gasteiger charge is 2.38. The number of hydrogen-bond donors (Lipinski definition) is 1. The van der Waals surface area contributed by atoms with Gasteiger partial charge in [-0.25, -0.2) is 4.98 Å². The van der Waals surface area contributed by atoms with Crippen molar-refractivity contribution in [3.63, 3.8) is 0 Å². The van der Waals surface area contributed by atoms with E-state index in [0.717, 1.165) is 0 Å². The number of carbonyl (C=O) groups is 1. The summed E-state index contributed by atoms with van der Waals surface area (Å²) in [6, 6.07) is 2.88. The van der Waals surface area contributed by atoms with Gasteiger partial charge in [-0.15, -0.1) is 0 Å². The normalized spacial score (nSPS) is 17.7. The van der Waals surface area contributed by atoms with Crippen LogP contribution in [0.3, 0.4) is 0 Å². The van der Waals surface area contributed by atoms with Crippen molar-refractivity contribution >= 4 is 16.9 Å². The van der Waals surface area contributed by atoms with E-state index < -0.39 is 35.5 Å². The molecule has 0 radical (unpaired) electrons. The lowest BCUT2D eigenvalue weighted by Gasteiger charge is -2.33. The van der Waals surface area contributed by atoms with E-state index in [1.165, 1.54) is 11.1 Å². The molecule has 1 aliphatic heterocycles. The lowest BCUT2D eigenvalue weighted by molar-refractivity contribution is -0.143. The Morgan fingerprint density at radius 3 is 2.38 bits per heavy atom. The number of halogens is 6. The van der Waals surface area contributed by atoms with Gasteiger partial charge in [0, 0.05) is 23.8 Å². The predicted octanol–water partition coefficient (Wildman–Crippen LogP) is 4.52. The number of nitrogens with one attached hydrogen (secondary N) is 1. The van der Waals surface area contributed by atoms with Crippen molar-refractivity contribution < 1.29 is 35.9 Å². The molecule has 3 heterocycles. The summed E-state index contributed by atoms with van der Waals surface area (Å²) < 4.78 is 84.5. The number of carbonyl (C=O) groups excluding carboxylic acids is 1. The molecular weight excluding hydrogens is 442 g/mol. The molecule has 170 valence electrons. The van der Waals surface area contributed by atoms with Crippen LogP contribution < -0.4 is 0 Å². The number of benzene rings is 1. The third-order valence-electron chi connectivity index (χ3n) is 5.18. The highest BCUT2D eigenvalue weighted by Crippen LogP contribution is 2.38.